The van der Waals surface area contributed by atoms with Gasteiger partial charge in [0, 0.05) is 4.83 Å². The van der Waals surface area contributed by atoms with E-state index < -0.39 is 0 Å². The van der Waals surface area contributed by atoms with Crippen LogP contribution in [-0.4, -0.2) is 21.5 Å². The zero-order valence-electron chi connectivity index (χ0n) is 9.51. The van der Waals surface area contributed by atoms with E-state index in [9.17, 15) is 9.59 Å². The molecule has 0 heterocycles. The molecule has 0 aliphatic heterocycles. The fourth-order valence-electron chi connectivity index (χ4n) is 1.18. The molecule has 0 saturated heterocycles. The minimum absolute atomic E-state index is 0.147. The van der Waals surface area contributed by atoms with E-state index >= 15 is 0 Å². The molecule has 3 atom stereocenters. The lowest BCUT2D eigenvalue weighted by Gasteiger charge is -2.16. The van der Waals surface area contributed by atoms with E-state index in [-0.39, 0.29) is 32.8 Å². The molecule has 0 aromatic heterocycles. The average Bonchev–Trinajstić information content (AvgIpc) is 2.83. The minimum Gasteiger partial charge on any atom is -0.273 e. The van der Waals surface area contributed by atoms with Crippen LogP contribution in [0.3, 0.4) is 0 Å². The van der Waals surface area contributed by atoms with Crippen LogP contribution in [0.2, 0.25) is 0 Å². The second-order valence-corrected chi connectivity index (χ2v) is 6.77. The third-order valence-electron chi connectivity index (χ3n) is 2.79. The Kier molecular flexibility index (Phi) is 4.40. The summed E-state index contributed by atoms with van der Waals surface area (Å²) < 4.78 is 0. The van der Waals surface area contributed by atoms with Crippen molar-refractivity contribution >= 4 is 43.7 Å². The van der Waals surface area contributed by atoms with Gasteiger partial charge in [0.05, 0.1) is 10.2 Å². The van der Waals surface area contributed by atoms with Gasteiger partial charge in [-0.2, -0.15) is 0 Å². The highest BCUT2D eigenvalue weighted by Crippen LogP contribution is 2.51. The number of rotatable bonds is 3. The molecule has 1 fully saturated rings. The van der Waals surface area contributed by atoms with Gasteiger partial charge in [0.15, 0.2) is 0 Å². The summed E-state index contributed by atoms with van der Waals surface area (Å²) in [5.74, 6) is -0.192. The maximum absolute atomic E-state index is 11.7. The lowest BCUT2D eigenvalue weighted by molar-refractivity contribution is -0.131. The van der Waals surface area contributed by atoms with E-state index in [1.165, 1.54) is 0 Å². The number of hydrogen-bond donors (Lipinski definition) is 2. The van der Waals surface area contributed by atoms with Gasteiger partial charge in [-0.05, 0) is 19.3 Å². The van der Waals surface area contributed by atoms with Gasteiger partial charge in [-0.25, -0.2) is 0 Å². The SMILES string of the molecule is CC(C)[C@@H](Br)C(=O)NNC(=O)[C@@]1(C)C[C@@H]1Br. The van der Waals surface area contributed by atoms with E-state index in [0.29, 0.717) is 0 Å². The molecule has 2 amide bonds. The van der Waals surface area contributed by atoms with Crippen LogP contribution in [0.15, 0.2) is 0 Å². The predicted molar refractivity (Wildman–Crippen MR) is 69.3 cm³/mol. The number of carbonyl (C=O) groups excluding carboxylic acids is 2. The van der Waals surface area contributed by atoms with Crippen molar-refractivity contribution in [2.75, 3.05) is 0 Å². The zero-order chi connectivity index (χ0) is 12.5. The van der Waals surface area contributed by atoms with Crippen LogP contribution >= 0.6 is 31.9 Å². The summed E-state index contributed by atoms with van der Waals surface area (Å²) in [6.07, 6.45) is 0.802. The monoisotopic (exact) mass is 354 g/mol. The molecule has 0 unspecified atom stereocenters. The van der Waals surface area contributed by atoms with Crippen molar-refractivity contribution in [2.24, 2.45) is 11.3 Å². The third kappa shape index (κ3) is 2.97. The van der Waals surface area contributed by atoms with Crippen LogP contribution in [0.25, 0.3) is 0 Å². The van der Waals surface area contributed by atoms with Gasteiger partial charge in [-0.1, -0.05) is 45.7 Å². The van der Waals surface area contributed by atoms with Crippen LogP contribution in [0.4, 0.5) is 0 Å². The molecule has 0 radical (unpaired) electrons. The summed E-state index contributed by atoms with van der Waals surface area (Å²) in [5.41, 5.74) is 4.50. The molecule has 2 N–H and O–H groups in total. The van der Waals surface area contributed by atoms with Gasteiger partial charge in [0.1, 0.15) is 0 Å². The van der Waals surface area contributed by atoms with Crippen LogP contribution in [0.5, 0.6) is 0 Å². The Labute approximate surface area is 112 Å². The van der Waals surface area contributed by atoms with Gasteiger partial charge in [0.25, 0.3) is 5.91 Å². The van der Waals surface area contributed by atoms with Crippen molar-refractivity contribution in [2.45, 2.75) is 36.8 Å². The van der Waals surface area contributed by atoms with Crippen LogP contribution in [0, 0.1) is 11.3 Å². The van der Waals surface area contributed by atoms with Crippen molar-refractivity contribution in [1.82, 2.24) is 10.9 Å². The Bertz CT molecular complexity index is 309. The number of halogens is 2. The highest BCUT2D eigenvalue weighted by atomic mass is 79.9. The van der Waals surface area contributed by atoms with Gasteiger partial charge in [0.2, 0.25) is 5.91 Å². The number of carbonyl (C=O) groups is 2. The molecule has 1 saturated carbocycles. The second kappa shape index (κ2) is 5.04. The van der Waals surface area contributed by atoms with Crippen molar-refractivity contribution < 1.29 is 9.59 Å². The van der Waals surface area contributed by atoms with E-state index in [1.54, 1.807) is 0 Å². The number of hydrazine groups is 1. The fraction of sp³-hybridized carbons (Fsp3) is 0.800. The molecule has 0 aromatic rings. The topological polar surface area (TPSA) is 58.2 Å². The van der Waals surface area contributed by atoms with Gasteiger partial charge in [-0.15, -0.1) is 0 Å². The quantitative estimate of drug-likeness (QED) is 0.598. The molecule has 16 heavy (non-hydrogen) atoms. The number of hydrogen-bond acceptors (Lipinski definition) is 2. The first-order valence-corrected chi connectivity index (χ1v) is 7.00. The maximum Gasteiger partial charge on any atom is 0.252 e. The summed E-state index contributed by atoms with van der Waals surface area (Å²) in [4.78, 5) is 23.1. The Hall–Kier alpha value is -0.100. The lowest BCUT2D eigenvalue weighted by atomic mass is 10.1. The number of nitrogens with one attached hydrogen (secondary N) is 2. The number of amides is 2. The Morgan fingerprint density at radius 3 is 2.25 bits per heavy atom. The van der Waals surface area contributed by atoms with E-state index in [1.807, 2.05) is 20.8 Å². The van der Waals surface area contributed by atoms with Gasteiger partial charge >= 0.3 is 0 Å². The summed E-state index contributed by atoms with van der Waals surface area (Å²) >= 11 is 6.64. The highest BCUT2D eigenvalue weighted by Gasteiger charge is 2.54. The first kappa shape index (κ1) is 14.0. The largest absolute Gasteiger partial charge is 0.273 e. The molecule has 0 bridgehead atoms. The molecule has 0 aromatic carbocycles. The van der Waals surface area contributed by atoms with E-state index in [4.69, 9.17) is 0 Å². The average molecular weight is 356 g/mol. The molecular weight excluding hydrogens is 340 g/mol. The van der Waals surface area contributed by atoms with Crippen molar-refractivity contribution in [3.8, 4) is 0 Å². The fourth-order valence-corrected chi connectivity index (χ4v) is 2.18. The van der Waals surface area contributed by atoms with Crippen molar-refractivity contribution in [1.29, 1.82) is 0 Å². The van der Waals surface area contributed by atoms with Crippen molar-refractivity contribution in [3.05, 3.63) is 0 Å². The second-order valence-electron chi connectivity index (χ2n) is 4.68. The minimum atomic E-state index is -0.382. The molecule has 1 aliphatic rings. The molecule has 92 valence electrons. The van der Waals surface area contributed by atoms with E-state index in [0.717, 1.165) is 6.42 Å². The summed E-state index contributed by atoms with van der Waals surface area (Å²) in [6.45, 7) is 5.72. The maximum atomic E-state index is 11.7. The smallest absolute Gasteiger partial charge is 0.252 e. The molecular formula is C10H16Br2N2O2. The number of alkyl halides is 2. The van der Waals surface area contributed by atoms with Crippen LogP contribution in [-0.2, 0) is 9.59 Å². The molecule has 1 rings (SSSR count). The normalized spacial score (nSPS) is 29.8. The first-order valence-electron chi connectivity index (χ1n) is 5.17. The molecule has 0 spiro atoms. The highest BCUT2D eigenvalue weighted by molar-refractivity contribution is 9.10. The summed E-state index contributed by atoms with van der Waals surface area (Å²) in [6, 6.07) is 0. The first-order chi connectivity index (χ1) is 7.29. The summed E-state index contributed by atoms with van der Waals surface area (Å²) in [5, 5.41) is 0. The van der Waals surface area contributed by atoms with Gasteiger partial charge in [-0.3, -0.25) is 20.4 Å². The Morgan fingerprint density at radius 2 is 1.88 bits per heavy atom. The Balaban J connectivity index is 2.36. The van der Waals surface area contributed by atoms with E-state index in [2.05, 4.69) is 42.7 Å². The van der Waals surface area contributed by atoms with Gasteiger partial charge < -0.3 is 0 Å². The zero-order valence-corrected chi connectivity index (χ0v) is 12.7. The molecule has 1 aliphatic carbocycles. The predicted octanol–water partition coefficient (Wildman–Crippen LogP) is 1.73. The third-order valence-corrected chi connectivity index (χ3v) is 5.60. The Morgan fingerprint density at radius 1 is 1.38 bits per heavy atom. The molecule has 6 heteroatoms. The molecule has 4 nitrogen and oxygen atoms in total. The van der Waals surface area contributed by atoms with Crippen LogP contribution < -0.4 is 10.9 Å². The standard InChI is InChI=1S/C10H16Br2N2O2/c1-5(2)7(12)8(15)13-14-9(16)10(3)4-6(10)11/h5-7H,4H2,1-3H3,(H,13,15)(H,14,16)/t6-,7+,10-/m0/s1. The van der Waals surface area contributed by atoms with Crippen molar-refractivity contribution in [3.63, 3.8) is 0 Å². The lowest BCUT2D eigenvalue weighted by Crippen LogP contribution is -2.48. The van der Waals surface area contributed by atoms with Crippen LogP contribution in [0.1, 0.15) is 27.2 Å². The summed E-state index contributed by atoms with van der Waals surface area (Å²) in [7, 11) is 0.